The summed E-state index contributed by atoms with van der Waals surface area (Å²) in [5, 5.41) is 14.1. The summed E-state index contributed by atoms with van der Waals surface area (Å²) in [4.78, 5) is 30.6. The minimum atomic E-state index is -0.813. The average Bonchev–Trinajstić information content (AvgIpc) is 2.92. The summed E-state index contributed by atoms with van der Waals surface area (Å²) in [6.07, 6.45) is 1.40. The van der Waals surface area contributed by atoms with E-state index in [0.717, 1.165) is 39.0 Å². The van der Waals surface area contributed by atoms with Crippen molar-refractivity contribution in [2.45, 2.75) is 112 Å². The zero-order valence-electron chi connectivity index (χ0n) is 23.2. The van der Waals surface area contributed by atoms with Crippen molar-refractivity contribution in [3.8, 4) is 0 Å². The van der Waals surface area contributed by atoms with Gasteiger partial charge in [-0.15, -0.1) is 0 Å². The molecular formula is C27H51N3O4. The van der Waals surface area contributed by atoms with Gasteiger partial charge in [0.2, 0.25) is 5.91 Å². The van der Waals surface area contributed by atoms with Gasteiger partial charge in [0.05, 0.1) is 17.6 Å². The molecular weight excluding hydrogens is 430 g/mol. The van der Waals surface area contributed by atoms with Crippen LogP contribution in [0.15, 0.2) is 0 Å². The molecule has 0 bridgehead atoms. The maximum Gasteiger partial charge on any atom is 0.407 e. The van der Waals surface area contributed by atoms with Gasteiger partial charge in [-0.25, -0.2) is 4.79 Å². The van der Waals surface area contributed by atoms with Crippen LogP contribution >= 0.6 is 0 Å². The van der Waals surface area contributed by atoms with Crippen LogP contribution in [0.3, 0.4) is 0 Å². The molecule has 0 aromatic heterocycles. The number of rotatable bonds is 9. The van der Waals surface area contributed by atoms with Gasteiger partial charge in [-0.05, 0) is 64.2 Å². The van der Waals surface area contributed by atoms with E-state index in [0.29, 0.717) is 24.7 Å². The fourth-order valence-electron chi connectivity index (χ4n) is 5.66. The molecule has 2 aliphatic heterocycles. The zero-order valence-corrected chi connectivity index (χ0v) is 23.2. The Hall–Kier alpha value is -1.34. The normalized spacial score (nSPS) is 28.5. The fourth-order valence-corrected chi connectivity index (χ4v) is 5.66. The van der Waals surface area contributed by atoms with Gasteiger partial charge in [-0.2, -0.15) is 0 Å². The Morgan fingerprint density at radius 3 is 2.41 bits per heavy atom. The van der Waals surface area contributed by atoms with Crippen LogP contribution in [-0.2, 0) is 9.53 Å². The Kier molecular flexibility index (Phi) is 9.85. The van der Waals surface area contributed by atoms with Crippen LogP contribution in [0.5, 0.6) is 0 Å². The molecule has 198 valence electrons. The van der Waals surface area contributed by atoms with Gasteiger partial charge in [0.1, 0.15) is 5.60 Å². The molecule has 2 rings (SSSR count). The number of hydrogen-bond donors (Lipinski definition) is 2. The quantitative estimate of drug-likeness (QED) is 0.514. The number of nitrogens with zero attached hydrogens (tertiary/aromatic N) is 2. The van der Waals surface area contributed by atoms with Crippen molar-refractivity contribution >= 4 is 12.0 Å². The van der Waals surface area contributed by atoms with Gasteiger partial charge in [0, 0.05) is 32.2 Å². The summed E-state index contributed by atoms with van der Waals surface area (Å²) in [5.41, 5.74) is -1.22. The molecule has 0 aliphatic carbocycles. The molecule has 2 amide bonds. The van der Waals surface area contributed by atoms with E-state index < -0.39 is 29.3 Å². The highest BCUT2D eigenvalue weighted by Gasteiger charge is 2.48. The number of carbonyl (C=O) groups excluding carboxylic acids is 2. The lowest BCUT2D eigenvalue weighted by Gasteiger charge is -2.42. The number of hydrogen-bond acceptors (Lipinski definition) is 5. The van der Waals surface area contributed by atoms with Gasteiger partial charge >= 0.3 is 6.09 Å². The molecule has 2 heterocycles. The third-order valence-electron chi connectivity index (χ3n) is 7.01. The first-order valence-corrected chi connectivity index (χ1v) is 13.3. The van der Waals surface area contributed by atoms with E-state index in [9.17, 15) is 14.7 Å². The van der Waals surface area contributed by atoms with Gasteiger partial charge < -0.3 is 25.0 Å². The number of ether oxygens (including phenoxy) is 1. The van der Waals surface area contributed by atoms with Gasteiger partial charge in [0.25, 0.3) is 0 Å². The molecule has 5 atom stereocenters. The van der Waals surface area contributed by atoms with Crippen LogP contribution in [-0.4, -0.2) is 76.9 Å². The molecule has 2 unspecified atom stereocenters. The lowest BCUT2D eigenvalue weighted by Crippen LogP contribution is -2.53. The third kappa shape index (κ3) is 8.40. The molecule has 0 radical (unpaired) electrons. The van der Waals surface area contributed by atoms with Gasteiger partial charge in [-0.3, -0.25) is 4.79 Å². The molecule has 0 saturated carbocycles. The number of carbonyl (C=O) groups is 2. The second-order valence-corrected chi connectivity index (χ2v) is 13.1. The molecule has 34 heavy (non-hydrogen) atoms. The molecule has 7 heteroatoms. The lowest BCUT2D eigenvalue weighted by atomic mass is 9.80. The number of alkyl carbamates (subject to hydrolysis) is 1. The monoisotopic (exact) mass is 481 g/mol. The number of nitrogens with one attached hydrogen (secondary N) is 1. The molecule has 7 nitrogen and oxygen atoms in total. The Morgan fingerprint density at radius 2 is 1.85 bits per heavy atom. The first-order valence-electron chi connectivity index (χ1n) is 13.3. The Morgan fingerprint density at radius 1 is 1.21 bits per heavy atom. The molecule has 2 fully saturated rings. The van der Waals surface area contributed by atoms with Gasteiger partial charge in [-0.1, -0.05) is 41.5 Å². The third-order valence-corrected chi connectivity index (χ3v) is 7.01. The maximum atomic E-state index is 13.6. The lowest BCUT2D eigenvalue weighted by molar-refractivity contribution is -0.140. The summed E-state index contributed by atoms with van der Waals surface area (Å²) in [6, 6.07) is -0.218. The predicted molar refractivity (Wildman–Crippen MR) is 137 cm³/mol. The second-order valence-electron chi connectivity index (χ2n) is 13.1. The average molecular weight is 482 g/mol. The van der Waals surface area contributed by atoms with Crippen LogP contribution in [0.25, 0.3) is 0 Å². The molecule has 2 aliphatic rings. The smallest absolute Gasteiger partial charge is 0.407 e. The predicted octanol–water partition coefficient (Wildman–Crippen LogP) is 4.28. The van der Waals surface area contributed by atoms with Crippen molar-refractivity contribution in [3.05, 3.63) is 0 Å². The van der Waals surface area contributed by atoms with E-state index in [1.165, 1.54) is 0 Å². The van der Waals surface area contributed by atoms with E-state index in [-0.39, 0.29) is 17.9 Å². The van der Waals surface area contributed by atoms with Crippen molar-refractivity contribution in [2.75, 3.05) is 26.2 Å². The first-order chi connectivity index (χ1) is 15.6. The van der Waals surface area contributed by atoms with E-state index >= 15 is 0 Å². The number of amides is 2. The summed E-state index contributed by atoms with van der Waals surface area (Å²) in [7, 11) is 0. The van der Waals surface area contributed by atoms with Crippen LogP contribution in [0.2, 0.25) is 0 Å². The van der Waals surface area contributed by atoms with Crippen molar-refractivity contribution < 1.29 is 19.4 Å². The number of likely N-dealkylation sites (tertiary alicyclic amines) is 2. The topological polar surface area (TPSA) is 82.1 Å². The van der Waals surface area contributed by atoms with Crippen molar-refractivity contribution in [2.24, 2.45) is 23.2 Å². The highest BCUT2D eigenvalue weighted by atomic mass is 16.6. The maximum absolute atomic E-state index is 13.6. The van der Waals surface area contributed by atoms with Crippen molar-refractivity contribution in [3.63, 3.8) is 0 Å². The van der Waals surface area contributed by atoms with Gasteiger partial charge in [0.15, 0.2) is 0 Å². The summed E-state index contributed by atoms with van der Waals surface area (Å²) in [6.45, 7) is 22.2. The molecule has 0 aromatic carbocycles. The zero-order chi connectivity index (χ0) is 25.8. The molecule has 0 spiro atoms. The Bertz CT molecular complexity index is 688. The van der Waals surface area contributed by atoms with Crippen molar-refractivity contribution in [1.82, 2.24) is 15.1 Å². The molecule has 2 saturated heterocycles. The summed E-state index contributed by atoms with van der Waals surface area (Å²) >= 11 is 0. The summed E-state index contributed by atoms with van der Waals surface area (Å²) < 4.78 is 5.42. The standard InChI is InChI=1S/C27H51N3O4/c1-18(2)12-22(28-25(33)34-26(6,7)8)23(31)14-27(9)10-11-30(24(27)32)21-13-20(5)16-29(17-21)15-19(3)4/h18-23,31H,10-17H2,1-9H3,(H,28,33)/t20?,21-,22?,23-,27-/m0/s1. The van der Waals surface area contributed by atoms with Crippen LogP contribution < -0.4 is 5.32 Å². The minimum absolute atomic E-state index is 0.149. The van der Waals surface area contributed by atoms with Crippen LogP contribution in [0, 0.1) is 23.2 Å². The Labute approximate surface area is 208 Å². The molecule has 0 aromatic rings. The van der Waals surface area contributed by atoms with Crippen molar-refractivity contribution in [1.29, 1.82) is 0 Å². The van der Waals surface area contributed by atoms with E-state index in [2.05, 4.69) is 49.7 Å². The first kappa shape index (κ1) is 28.9. The Balaban J connectivity index is 2.06. The number of aliphatic hydroxyl groups excluding tert-OH is 1. The van der Waals surface area contributed by atoms with E-state index in [1.807, 2.05) is 27.7 Å². The van der Waals surface area contributed by atoms with Crippen LogP contribution in [0.4, 0.5) is 4.79 Å². The number of piperidine rings is 1. The second kappa shape index (κ2) is 11.6. The molecule has 2 N–H and O–H groups in total. The summed E-state index contributed by atoms with van der Waals surface area (Å²) in [5.74, 6) is 1.61. The highest BCUT2D eigenvalue weighted by Crippen LogP contribution is 2.39. The number of aliphatic hydroxyl groups is 1. The largest absolute Gasteiger partial charge is 0.444 e. The highest BCUT2D eigenvalue weighted by molar-refractivity contribution is 5.84. The minimum Gasteiger partial charge on any atom is -0.444 e. The van der Waals surface area contributed by atoms with E-state index in [4.69, 9.17) is 4.74 Å². The fraction of sp³-hybridized carbons (Fsp3) is 0.926. The van der Waals surface area contributed by atoms with E-state index in [1.54, 1.807) is 0 Å². The van der Waals surface area contributed by atoms with Crippen LogP contribution in [0.1, 0.15) is 88.0 Å². The SMILES string of the molecule is CC(C)CC(NC(=O)OC(C)(C)C)[C@@H](O)C[C@]1(C)CCN([C@H]2CC(C)CN(CC(C)C)C2)C1=O.